The van der Waals surface area contributed by atoms with Crippen molar-refractivity contribution in [2.45, 2.75) is 19.8 Å². The zero-order valence-corrected chi connectivity index (χ0v) is 8.44. The van der Waals surface area contributed by atoms with Crippen LogP contribution in [0.15, 0.2) is 0 Å². The monoisotopic (exact) mass is 184 g/mol. The van der Waals surface area contributed by atoms with Crippen LogP contribution in [0.2, 0.25) is 0 Å². The predicted molar refractivity (Wildman–Crippen MR) is 50.1 cm³/mol. The average Bonchev–Trinajstić information content (AvgIpc) is 1.84. The molecule has 0 bridgehead atoms. The molecule has 1 nitrogen and oxygen atoms in total. The Morgan fingerprint density at radius 1 is 1.67 bits per heavy atom. The summed E-state index contributed by atoms with van der Waals surface area (Å²) < 4.78 is 5.03. The van der Waals surface area contributed by atoms with Crippen molar-refractivity contribution < 1.29 is 4.52 Å². The Balaban J connectivity index is 3.46. The average molecular weight is 184 g/mol. The maximum atomic E-state index is 5.06. The fourth-order valence-electron chi connectivity index (χ4n) is 0.449. The van der Waals surface area contributed by atoms with Gasteiger partial charge in [-0.25, -0.2) is 0 Å². The van der Waals surface area contributed by atoms with E-state index in [0.29, 0.717) is 0 Å². The third-order valence-corrected chi connectivity index (χ3v) is 4.62. The van der Waals surface area contributed by atoms with Crippen LogP contribution in [0.5, 0.6) is 0 Å². The summed E-state index contributed by atoms with van der Waals surface area (Å²) in [5.74, 6) is 0. The van der Waals surface area contributed by atoms with Crippen LogP contribution in [-0.4, -0.2) is 13.3 Å². The molecule has 0 amide bonds. The summed E-state index contributed by atoms with van der Waals surface area (Å²) in [5, 5.41) is 0. The van der Waals surface area contributed by atoms with Crippen LogP contribution in [0.1, 0.15) is 19.8 Å². The zero-order chi connectivity index (χ0) is 7.33. The standard InChI is InChI=1S/C5H13OPS2/c1-3-4-5-7(8,9)6-2/h3-5H2,1-2H3,(H,8,9). The van der Waals surface area contributed by atoms with Gasteiger partial charge in [0, 0.05) is 13.3 Å². The van der Waals surface area contributed by atoms with Crippen LogP contribution >= 0.6 is 17.7 Å². The molecular weight excluding hydrogens is 171 g/mol. The van der Waals surface area contributed by atoms with E-state index in [2.05, 4.69) is 19.2 Å². The van der Waals surface area contributed by atoms with E-state index < -0.39 is 5.47 Å². The van der Waals surface area contributed by atoms with Crippen molar-refractivity contribution in [2.75, 3.05) is 13.3 Å². The first kappa shape index (κ1) is 9.96. The molecule has 0 aliphatic rings. The maximum absolute atomic E-state index is 5.06. The second-order valence-corrected chi connectivity index (χ2v) is 8.50. The van der Waals surface area contributed by atoms with Crippen LogP contribution in [0.3, 0.4) is 0 Å². The molecule has 0 aromatic carbocycles. The maximum Gasteiger partial charge on any atom is 0.116 e. The third-order valence-electron chi connectivity index (χ3n) is 1.08. The molecule has 0 aliphatic carbocycles. The first-order chi connectivity index (χ1) is 4.12. The Kier molecular flexibility index (Phi) is 5.23. The molecule has 1 atom stereocenters. The highest BCUT2D eigenvalue weighted by atomic mass is 32.9. The molecule has 56 valence electrons. The molecule has 0 aliphatic heterocycles. The minimum Gasteiger partial charge on any atom is -0.345 e. The third kappa shape index (κ3) is 5.41. The van der Waals surface area contributed by atoms with Crippen molar-refractivity contribution in [3.05, 3.63) is 0 Å². The van der Waals surface area contributed by atoms with Gasteiger partial charge in [-0.1, -0.05) is 25.2 Å². The lowest BCUT2D eigenvalue weighted by molar-refractivity contribution is 0.469. The second kappa shape index (κ2) is 4.73. The summed E-state index contributed by atoms with van der Waals surface area (Å²) in [6.07, 6.45) is 3.26. The molecule has 0 saturated heterocycles. The molecule has 4 heteroatoms. The van der Waals surface area contributed by atoms with Gasteiger partial charge in [-0.2, -0.15) is 0 Å². The second-order valence-electron chi connectivity index (χ2n) is 1.90. The van der Waals surface area contributed by atoms with Crippen LogP contribution in [-0.2, 0) is 16.3 Å². The van der Waals surface area contributed by atoms with E-state index in [1.165, 1.54) is 6.42 Å². The van der Waals surface area contributed by atoms with Gasteiger partial charge < -0.3 is 4.52 Å². The normalized spacial score (nSPS) is 17.2. The Labute approximate surface area is 67.4 Å². The summed E-state index contributed by atoms with van der Waals surface area (Å²) in [7, 11) is 1.64. The van der Waals surface area contributed by atoms with Gasteiger partial charge >= 0.3 is 0 Å². The molecule has 9 heavy (non-hydrogen) atoms. The van der Waals surface area contributed by atoms with E-state index in [-0.39, 0.29) is 0 Å². The van der Waals surface area contributed by atoms with E-state index in [1.807, 2.05) is 0 Å². The molecule has 0 heterocycles. The zero-order valence-electron chi connectivity index (χ0n) is 5.83. The van der Waals surface area contributed by atoms with Gasteiger partial charge in [0.25, 0.3) is 0 Å². The van der Waals surface area contributed by atoms with E-state index in [0.717, 1.165) is 12.6 Å². The van der Waals surface area contributed by atoms with Gasteiger partial charge in [0.05, 0.1) is 0 Å². The highest BCUT2D eigenvalue weighted by molar-refractivity contribution is 8.61. The lowest BCUT2D eigenvalue weighted by Gasteiger charge is -2.11. The Bertz CT molecular complexity index is 116. The van der Waals surface area contributed by atoms with E-state index in [1.54, 1.807) is 7.11 Å². The lowest BCUT2D eigenvalue weighted by Crippen LogP contribution is -1.83. The summed E-state index contributed by atoms with van der Waals surface area (Å²) in [6.45, 7) is 2.14. The van der Waals surface area contributed by atoms with Crippen molar-refractivity contribution in [3.8, 4) is 0 Å². The highest BCUT2D eigenvalue weighted by Crippen LogP contribution is 2.51. The summed E-state index contributed by atoms with van der Waals surface area (Å²) >= 11 is 9.29. The number of hydrogen-bond acceptors (Lipinski definition) is 2. The van der Waals surface area contributed by atoms with Gasteiger partial charge in [-0.05, 0) is 6.42 Å². The van der Waals surface area contributed by atoms with Crippen LogP contribution in [0.25, 0.3) is 0 Å². The molecule has 0 N–H and O–H groups in total. The topological polar surface area (TPSA) is 9.23 Å². The molecule has 0 aromatic heterocycles. The van der Waals surface area contributed by atoms with Crippen LogP contribution in [0.4, 0.5) is 0 Å². The van der Waals surface area contributed by atoms with E-state index >= 15 is 0 Å². The summed E-state index contributed by atoms with van der Waals surface area (Å²) in [6, 6.07) is 0. The van der Waals surface area contributed by atoms with Crippen LogP contribution < -0.4 is 0 Å². The quantitative estimate of drug-likeness (QED) is 0.531. The highest BCUT2D eigenvalue weighted by Gasteiger charge is 2.06. The van der Waals surface area contributed by atoms with Crippen LogP contribution in [0, 0.1) is 0 Å². The fraction of sp³-hybridized carbons (Fsp3) is 1.00. The van der Waals surface area contributed by atoms with Crippen molar-refractivity contribution in [3.63, 3.8) is 0 Å². The van der Waals surface area contributed by atoms with Gasteiger partial charge in [0.1, 0.15) is 5.47 Å². The van der Waals surface area contributed by atoms with Crippen molar-refractivity contribution in [2.24, 2.45) is 0 Å². The van der Waals surface area contributed by atoms with E-state index in [9.17, 15) is 0 Å². The molecule has 0 saturated carbocycles. The molecule has 0 fully saturated rings. The minimum atomic E-state index is -1.66. The molecule has 0 aromatic rings. The van der Waals surface area contributed by atoms with Crippen molar-refractivity contribution in [1.82, 2.24) is 0 Å². The van der Waals surface area contributed by atoms with E-state index in [4.69, 9.17) is 16.3 Å². The fourth-order valence-corrected chi connectivity index (χ4v) is 2.16. The lowest BCUT2D eigenvalue weighted by atomic mass is 10.4. The molecule has 1 unspecified atom stereocenters. The number of unbranched alkanes of at least 4 members (excludes halogenated alkanes) is 1. The molecule has 0 rings (SSSR count). The Hall–Kier alpha value is 0.960. The summed E-state index contributed by atoms with van der Waals surface area (Å²) in [4.78, 5) is 0. The summed E-state index contributed by atoms with van der Waals surface area (Å²) in [5.41, 5.74) is -1.66. The Morgan fingerprint density at radius 2 is 2.22 bits per heavy atom. The number of thiol groups is 1. The SMILES string of the molecule is CCCCP(=S)(S)OC. The molecule has 0 radical (unpaired) electrons. The van der Waals surface area contributed by atoms with Gasteiger partial charge in [-0.15, -0.1) is 12.2 Å². The van der Waals surface area contributed by atoms with Crippen molar-refractivity contribution >= 4 is 29.5 Å². The molecule has 0 spiro atoms. The smallest absolute Gasteiger partial charge is 0.116 e. The minimum absolute atomic E-state index is 0.957. The van der Waals surface area contributed by atoms with Gasteiger partial charge in [0.15, 0.2) is 0 Å². The molecular formula is C5H13OPS2. The predicted octanol–water partition coefficient (Wildman–Crippen LogP) is 2.67. The van der Waals surface area contributed by atoms with Crippen molar-refractivity contribution in [1.29, 1.82) is 0 Å². The van der Waals surface area contributed by atoms with Gasteiger partial charge in [-0.3, -0.25) is 0 Å². The first-order valence-electron chi connectivity index (χ1n) is 3.00. The number of rotatable bonds is 4. The largest absolute Gasteiger partial charge is 0.345 e. The number of hydrogen-bond donors (Lipinski definition) is 1. The Morgan fingerprint density at radius 3 is 2.56 bits per heavy atom. The first-order valence-corrected chi connectivity index (χ1v) is 7.05. The van der Waals surface area contributed by atoms with Gasteiger partial charge in [0.2, 0.25) is 0 Å².